The molecule has 0 rings (SSSR count). The van der Waals surface area contributed by atoms with Gasteiger partial charge in [0.05, 0.1) is 0 Å². The minimum atomic E-state index is -0.0794. The summed E-state index contributed by atoms with van der Waals surface area (Å²) in [7, 11) is 0. The molecule has 0 saturated carbocycles. The van der Waals surface area contributed by atoms with E-state index in [1.54, 1.807) is 0 Å². The van der Waals surface area contributed by atoms with Gasteiger partial charge >= 0.3 is 0 Å². The first-order chi connectivity index (χ1) is 7.11. The molecule has 0 aromatic heterocycles. The number of carbonyl (C=O) groups excluding carboxylic acids is 2. The smallest absolute Gasteiger partial charge is 0.222 e. The Morgan fingerprint density at radius 3 is 2.53 bits per heavy atom. The van der Waals surface area contributed by atoms with Crippen LogP contribution in [0.4, 0.5) is 0 Å². The quantitative estimate of drug-likeness (QED) is 0.541. The normalized spacial score (nSPS) is 11.9. The second-order valence-electron chi connectivity index (χ2n) is 3.47. The molecule has 1 atom stereocenters. The number of carbonyl (C=O) groups is 2. The number of nitrogens with one attached hydrogen (secondary N) is 2. The van der Waals surface area contributed by atoms with Gasteiger partial charge in [-0.1, -0.05) is 6.92 Å². The predicted molar refractivity (Wildman–Crippen MR) is 59.1 cm³/mol. The van der Waals surface area contributed by atoms with E-state index < -0.39 is 0 Å². The predicted octanol–water partition coefficient (Wildman–Crippen LogP) is -0.386. The Labute approximate surface area is 90.8 Å². The number of hydrogen-bond acceptors (Lipinski definition) is 3. The third-order valence-electron chi connectivity index (χ3n) is 2.07. The lowest BCUT2D eigenvalue weighted by atomic mass is 10.1. The first kappa shape index (κ1) is 13.9. The van der Waals surface area contributed by atoms with Gasteiger partial charge in [-0.25, -0.2) is 0 Å². The van der Waals surface area contributed by atoms with Crippen molar-refractivity contribution in [3.05, 3.63) is 0 Å². The highest BCUT2D eigenvalue weighted by Crippen LogP contribution is 1.99. The van der Waals surface area contributed by atoms with E-state index in [2.05, 4.69) is 10.6 Å². The molecule has 0 aromatic rings. The summed E-state index contributed by atoms with van der Waals surface area (Å²) in [5.41, 5.74) is 5.34. The lowest BCUT2D eigenvalue weighted by molar-refractivity contribution is -0.125. The summed E-state index contributed by atoms with van der Waals surface area (Å²) >= 11 is 0. The summed E-state index contributed by atoms with van der Waals surface area (Å²) in [5, 5.41) is 5.36. The van der Waals surface area contributed by atoms with Gasteiger partial charge in [0.2, 0.25) is 11.8 Å². The van der Waals surface area contributed by atoms with Crippen LogP contribution in [0, 0.1) is 5.92 Å². The summed E-state index contributed by atoms with van der Waals surface area (Å²) < 4.78 is 0. The van der Waals surface area contributed by atoms with Crippen LogP contribution in [0.5, 0.6) is 0 Å². The summed E-state index contributed by atoms with van der Waals surface area (Å²) in [5.74, 6) is -0.154. The van der Waals surface area contributed by atoms with Gasteiger partial charge in [-0.2, -0.15) is 0 Å². The Morgan fingerprint density at radius 1 is 1.33 bits per heavy atom. The van der Waals surface area contributed by atoms with Gasteiger partial charge in [0.25, 0.3) is 0 Å². The largest absolute Gasteiger partial charge is 0.356 e. The Balaban J connectivity index is 3.58. The molecule has 0 aromatic carbocycles. The minimum absolute atomic E-state index is 0.0373. The van der Waals surface area contributed by atoms with Gasteiger partial charge in [-0.15, -0.1) is 0 Å². The van der Waals surface area contributed by atoms with E-state index in [0.29, 0.717) is 32.5 Å². The molecule has 4 N–H and O–H groups in total. The van der Waals surface area contributed by atoms with Crippen molar-refractivity contribution in [2.45, 2.75) is 26.7 Å². The second kappa shape index (κ2) is 8.23. The second-order valence-corrected chi connectivity index (χ2v) is 3.47. The van der Waals surface area contributed by atoms with Crippen molar-refractivity contribution in [2.24, 2.45) is 11.7 Å². The lowest BCUT2D eigenvalue weighted by Gasteiger charge is -2.10. The molecule has 0 aliphatic carbocycles. The van der Waals surface area contributed by atoms with Crippen LogP contribution in [-0.4, -0.2) is 31.4 Å². The monoisotopic (exact) mass is 215 g/mol. The van der Waals surface area contributed by atoms with Gasteiger partial charge in [0.1, 0.15) is 0 Å². The number of amides is 2. The van der Waals surface area contributed by atoms with Crippen LogP contribution < -0.4 is 16.4 Å². The van der Waals surface area contributed by atoms with Gasteiger partial charge in [-0.05, 0) is 19.9 Å². The Bertz CT molecular complexity index is 207. The summed E-state index contributed by atoms with van der Waals surface area (Å²) in [6, 6.07) is 0. The molecule has 2 amide bonds. The fraction of sp³-hybridized carbons (Fsp3) is 0.800. The first-order valence-corrected chi connectivity index (χ1v) is 5.36. The van der Waals surface area contributed by atoms with Crippen molar-refractivity contribution < 1.29 is 9.59 Å². The first-order valence-electron chi connectivity index (χ1n) is 5.36. The Morgan fingerprint density at radius 2 is 2.00 bits per heavy atom. The van der Waals surface area contributed by atoms with Crippen LogP contribution in [-0.2, 0) is 9.59 Å². The fourth-order valence-corrected chi connectivity index (χ4v) is 1.14. The zero-order chi connectivity index (χ0) is 11.7. The van der Waals surface area contributed by atoms with Crippen molar-refractivity contribution in [3.63, 3.8) is 0 Å². The lowest BCUT2D eigenvalue weighted by Crippen LogP contribution is -2.34. The van der Waals surface area contributed by atoms with Crippen molar-refractivity contribution in [2.75, 3.05) is 19.6 Å². The number of hydrogen-bond donors (Lipinski definition) is 3. The Kier molecular flexibility index (Phi) is 7.62. The highest BCUT2D eigenvalue weighted by Gasteiger charge is 2.11. The zero-order valence-electron chi connectivity index (χ0n) is 9.51. The molecule has 5 nitrogen and oxygen atoms in total. The van der Waals surface area contributed by atoms with Crippen LogP contribution in [0.25, 0.3) is 0 Å². The van der Waals surface area contributed by atoms with Crippen LogP contribution in [0.3, 0.4) is 0 Å². The van der Waals surface area contributed by atoms with Crippen molar-refractivity contribution in [3.8, 4) is 0 Å². The maximum absolute atomic E-state index is 11.4. The maximum atomic E-state index is 11.4. The molecule has 15 heavy (non-hydrogen) atoms. The average molecular weight is 215 g/mol. The third kappa shape index (κ3) is 6.90. The molecule has 1 unspecified atom stereocenters. The van der Waals surface area contributed by atoms with Gasteiger partial charge in [0, 0.05) is 25.4 Å². The van der Waals surface area contributed by atoms with E-state index in [-0.39, 0.29) is 17.7 Å². The topological polar surface area (TPSA) is 84.2 Å². The van der Waals surface area contributed by atoms with Crippen molar-refractivity contribution >= 4 is 11.8 Å². The third-order valence-corrected chi connectivity index (χ3v) is 2.07. The molecule has 0 aliphatic heterocycles. The molecule has 0 spiro atoms. The van der Waals surface area contributed by atoms with Crippen LogP contribution in [0.2, 0.25) is 0 Å². The highest BCUT2D eigenvalue weighted by molar-refractivity contribution is 5.80. The standard InChI is InChI=1S/C10H21N3O2/c1-3-12-9(14)5-7-13-10(15)8(2)4-6-11/h8H,3-7,11H2,1-2H3,(H,12,14)(H,13,15). The van der Waals surface area contributed by atoms with Crippen LogP contribution in [0.1, 0.15) is 26.7 Å². The molecule has 0 radical (unpaired) electrons. The van der Waals surface area contributed by atoms with E-state index in [4.69, 9.17) is 5.73 Å². The molecule has 5 heteroatoms. The van der Waals surface area contributed by atoms with E-state index in [1.165, 1.54) is 0 Å². The SMILES string of the molecule is CCNC(=O)CCNC(=O)C(C)CCN. The molecular formula is C10H21N3O2. The number of rotatable bonds is 7. The molecule has 88 valence electrons. The van der Waals surface area contributed by atoms with Crippen molar-refractivity contribution in [1.82, 2.24) is 10.6 Å². The Hall–Kier alpha value is -1.10. The maximum Gasteiger partial charge on any atom is 0.222 e. The van der Waals surface area contributed by atoms with E-state index in [1.807, 2.05) is 13.8 Å². The average Bonchev–Trinajstić information content (AvgIpc) is 2.18. The molecule has 0 fully saturated rings. The van der Waals surface area contributed by atoms with Crippen LogP contribution in [0.15, 0.2) is 0 Å². The van der Waals surface area contributed by atoms with Crippen molar-refractivity contribution in [1.29, 1.82) is 0 Å². The summed E-state index contributed by atoms with van der Waals surface area (Å²) in [4.78, 5) is 22.4. The summed E-state index contributed by atoms with van der Waals surface area (Å²) in [6.07, 6.45) is 1.00. The minimum Gasteiger partial charge on any atom is -0.356 e. The van der Waals surface area contributed by atoms with Crippen LogP contribution >= 0.6 is 0 Å². The number of nitrogens with two attached hydrogens (primary N) is 1. The fourth-order valence-electron chi connectivity index (χ4n) is 1.14. The summed E-state index contributed by atoms with van der Waals surface area (Å²) in [6.45, 7) is 5.20. The van der Waals surface area contributed by atoms with Gasteiger partial charge in [-0.3, -0.25) is 9.59 Å². The van der Waals surface area contributed by atoms with Gasteiger partial charge < -0.3 is 16.4 Å². The molecule has 0 bridgehead atoms. The van der Waals surface area contributed by atoms with E-state index >= 15 is 0 Å². The highest BCUT2D eigenvalue weighted by atomic mass is 16.2. The zero-order valence-corrected chi connectivity index (χ0v) is 9.51. The molecule has 0 heterocycles. The molecule has 0 saturated heterocycles. The van der Waals surface area contributed by atoms with Gasteiger partial charge in [0.15, 0.2) is 0 Å². The molecular weight excluding hydrogens is 194 g/mol. The van der Waals surface area contributed by atoms with E-state index in [9.17, 15) is 9.59 Å². The molecule has 0 aliphatic rings. The van der Waals surface area contributed by atoms with E-state index in [0.717, 1.165) is 0 Å².